The minimum absolute atomic E-state index is 0.101. The van der Waals surface area contributed by atoms with E-state index in [-0.39, 0.29) is 17.3 Å². The van der Waals surface area contributed by atoms with E-state index in [4.69, 9.17) is 17.3 Å². The molecule has 0 atom stereocenters. The van der Waals surface area contributed by atoms with Crippen molar-refractivity contribution >= 4 is 27.3 Å². The molecule has 0 amide bonds. The lowest BCUT2D eigenvalue weighted by molar-refractivity contribution is 0.394. The normalized spacial score (nSPS) is 12.1. The average Bonchev–Trinajstić information content (AvgIpc) is 2.32. The van der Waals surface area contributed by atoms with E-state index in [0.717, 1.165) is 19.0 Å². The molecule has 0 heterocycles. The van der Waals surface area contributed by atoms with Gasteiger partial charge in [0.2, 0.25) is 10.0 Å². The maximum atomic E-state index is 13.7. The number of hydrogen-bond acceptors (Lipinski definition) is 4. The van der Waals surface area contributed by atoms with Gasteiger partial charge >= 0.3 is 0 Å². The fourth-order valence-electron chi connectivity index (χ4n) is 1.62. The number of nitrogens with one attached hydrogen (secondary N) is 1. The van der Waals surface area contributed by atoms with Gasteiger partial charge in [0.05, 0.1) is 5.02 Å². The minimum atomic E-state index is -3.94. The molecule has 0 aliphatic carbocycles. The van der Waals surface area contributed by atoms with Gasteiger partial charge in [-0.05, 0) is 45.6 Å². The number of benzene rings is 1. The Morgan fingerprint density at radius 2 is 2.00 bits per heavy atom. The topological polar surface area (TPSA) is 75.4 Å². The number of nitrogen functional groups attached to an aromatic ring is 1. The molecular formula is C12H19ClFN3O2S. The summed E-state index contributed by atoms with van der Waals surface area (Å²) in [6.45, 7) is 1.10. The summed E-state index contributed by atoms with van der Waals surface area (Å²) >= 11 is 5.59. The fraction of sp³-hybridized carbons (Fsp3) is 0.500. The first-order valence-electron chi connectivity index (χ1n) is 6.13. The maximum absolute atomic E-state index is 13.7. The van der Waals surface area contributed by atoms with Gasteiger partial charge in [0.15, 0.2) is 5.82 Å². The average molecular weight is 324 g/mol. The number of hydrogen-bond donors (Lipinski definition) is 2. The zero-order valence-electron chi connectivity index (χ0n) is 11.5. The van der Waals surface area contributed by atoms with Gasteiger partial charge in [-0.1, -0.05) is 11.6 Å². The number of rotatable bonds is 7. The third-order valence-electron chi connectivity index (χ3n) is 2.63. The summed E-state index contributed by atoms with van der Waals surface area (Å²) in [5, 5.41) is -0.307. The molecule has 1 rings (SSSR count). The molecule has 5 nitrogen and oxygen atoms in total. The van der Waals surface area contributed by atoms with Gasteiger partial charge in [-0.15, -0.1) is 0 Å². The van der Waals surface area contributed by atoms with E-state index in [2.05, 4.69) is 4.72 Å². The summed E-state index contributed by atoms with van der Waals surface area (Å²) < 4.78 is 40.0. The summed E-state index contributed by atoms with van der Waals surface area (Å²) in [5.41, 5.74) is 5.59. The van der Waals surface area contributed by atoms with Crippen molar-refractivity contribution in [2.45, 2.75) is 17.7 Å². The molecule has 0 unspecified atom stereocenters. The number of unbranched alkanes of at least 4 members (excludes halogenated alkanes) is 1. The number of nitrogens with two attached hydrogens (primary N) is 1. The first-order chi connectivity index (χ1) is 9.24. The fourth-order valence-corrected chi connectivity index (χ4v) is 3.11. The Kier molecular flexibility index (Phi) is 6.19. The number of sulfonamides is 1. The van der Waals surface area contributed by atoms with E-state index >= 15 is 0 Å². The van der Waals surface area contributed by atoms with Crippen LogP contribution in [0, 0.1) is 5.82 Å². The molecule has 0 saturated heterocycles. The third kappa shape index (κ3) is 4.90. The molecule has 8 heteroatoms. The van der Waals surface area contributed by atoms with Crippen LogP contribution in [0.4, 0.5) is 10.1 Å². The van der Waals surface area contributed by atoms with Gasteiger partial charge in [-0.3, -0.25) is 0 Å². The van der Waals surface area contributed by atoms with E-state index in [1.165, 1.54) is 6.07 Å². The Bertz CT molecular complexity index is 564. The highest BCUT2D eigenvalue weighted by Crippen LogP contribution is 2.25. The van der Waals surface area contributed by atoms with Crippen LogP contribution in [0.1, 0.15) is 12.8 Å². The molecule has 1 aromatic rings. The quantitative estimate of drug-likeness (QED) is 0.591. The summed E-state index contributed by atoms with van der Waals surface area (Å²) in [5.74, 6) is -0.985. The maximum Gasteiger partial charge on any atom is 0.243 e. The standard InChI is InChI=1S/C12H19ClFN3O2S/c1-17(2)6-4-3-5-16-20(18,19)11-8-9(15)7-10(13)12(11)14/h7-8,16H,3-6,15H2,1-2H3. The Balaban J connectivity index is 2.70. The summed E-state index contributed by atoms with van der Waals surface area (Å²) in [7, 11) is -0.0621. The van der Waals surface area contributed by atoms with Crippen molar-refractivity contribution in [2.75, 3.05) is 32.9 Å². The number of nitrogens with zero attached hydrogens (tertiary/aromatic N) is 1. The highest BCUT2D eigenvalue weighted by Gasteiger charge is 2.21. The van der Waals surface area contributed by atoms with Crippen LogP contribution in [-0.4, -0.2) is 40.5 Å². The van der Waals surface area contributed by atoms with Crippen molar-refractivity contribution in [3.8, 4) is 0 Å². The monoisotopic (exact) mass is 323 g/mol. The molecule has 1 aromatic carbocycles. The molecule has 114 valence electrons. The summed E-state index contributed by atoms with van der Waals surface area (Å²) in [6, 6.07) is 2.23. The SMILES string of the molecule is CN(C)CCCCNS(=O)(=O)c1cc(N)cc(Cl)c1F. The van der Waals surface area contributed by atoms with E-state index < -0.39 is 20.7 Å². The van der Waals surface area contributed by atoms with Crippen LogP contribution >= 0.6 is 11.6 Å². The molecule has 0 saturated carbocycles. The van der Waals surface area contributed by atoms with Crippen LogP contribution in [0.3, 0.4) is 0 Å². The van der Waals surface area contributed by atoms with E-state index in [9.17, 15) is 12.8 Å². The van der Waals surface area contributed by atoms with Crippen molar-refractivity contribution < 1.29 is 12.8 Å². The zero-order valence-corrected chi connectivity index (χ0v) is 13.1. The molecule has 3 N–H and O–H groups in total. The third-order valence-corrected chi connectivity index (χ3v) is 4.37. The Labute approximate surface area is 124 Å². The lowest BCUT2D eigenvalue weighted by atomic mass is 10.3. The van der Waals surface area contributed by atoms with Crippen LogP contribution < -0.4 is 10.5 Å². The van der Waals surface area contributed by atoms with Crippen molar-refractivity contribution in [1.29, 1.82) is 0 Å². The van der Waals surface area contributed by atoms with Crippen LogP contribution in [0.2, 0.25) is 5.02 Å². The van der Waals surface area contributed by atoms with Crippen molar-refractivity contribution in [2.24, 2.45) is 0 Å². The highest BCUT2D eigenvalue weighted by atomic mass is 35.5. The molecule has 0 aromatic heterocycles. The first kappa shape index (κ1) is 17.2. The van der Waals surface area contributed by atoms with E-state index in [1.807, 2.05) is 19.0 Å². The molecule has 0 aliphatic rings. The summed E-state index contributed by atoms with van der Waals surface area (Å²) in [4.78, 5) is 1.49. The van der Waals surface area contributed by atoms with Crippen molar-refractivity contribution in [3.63, 3.8) is 0 Å². The second-order valence-corrected chi connectivity index (χ2v) is 6.87. The molecule has 0 spiro atoms. The van der Waals surface area contributed by atoms with Crippen LogP contribution in [0.15, 0.2) is 17.0 Å². The van der Waals surface area contributed by atoms with Crippen molar-refractivity contribution in [3.05, 3.63) is 23.0 Å². The second-order valence-electron chi connectivity index (χ2n) is 4.72. The van der Waals surface area contributed by atoms with E-state index in [0.29, 0.717) is 6.42 Å². The van der Waals surface area contributed by atoms with Crippen LogP contribution in [-0.2, 0) is 10.0 Å². The minimum Gasteiger partial charge on any atom is -0.399 e. The zero-order chi connectivity index (χ0) is 15.3. The number of anilines is 1. The smallest absolute Gasteiger partial charge is 0.243 e. The van der Waals surface area contributed by atoms with Gasteiger partial charge in [0, 0.05) is 12.2 Å². The molecule has 0 fully saturated rings. The Hall–Kier alpha value is -0.890. The number of halogens is 2. The Morgan fingerprint density at radius 1 is 1.35 bits per heavy atom. The molecule has 0 bridgehead atoms. The molecule has 20 heavy (non-hydrogen) atoms. The molecule has 0 radical (unpaired) electrons. The lowest BCUT2D eigenvalue weighted by Gasteiger charge is -2.11. The van der Waals surface area contributed by atoms with Gasteiger partial charge < -0.3 is 10.6 Å². The lowest BCUT2D eigenvalue weighted by Crippen LogP contribution is -2.26. The van der Waals surface area contributed by atoms with Gasteiger partial charge in [0.1, 0.15) is 4.90 Å². The highest BCUT2D eigenvalue weighted by molar-refractivity contribution is 7.89. The van der Waals surface area contributed by atoms with Gasteiger partial charge in [-0.25, -0.2) is 17.5 Å². The van der Waals surface area contributed by atoms with Crippen LogP contribution in [0.5, 0.6) is 0 Å². The van der Waals surface area contributed by atoms with E-state index in [1.54, 1.807) is 0 Å². The largest absolute Gasteiger partial charge is 0.399 e. The predicted molar refractivity (Wildman–Crippen MR) is 78.8 cm³/mol. The second kappa shape index (κ2) is 7.21. The predicted octanol–water partition coefficient (Wildman–Crippen LogP) is 1.68. The summed E-state index contributed by atoms with van der Waals surface area (Å²) in [6.07, 6.45) is 1.50. The molecule has 0 aliphatic heterocycles. The molecular weight excluding hydrogens is 305 g/mol. The van der Waals surface area contributed by atoms with Crippen LogP contribution in [0.25, 0.3) is 0 Å². The van der Waals surface area contributed by atoms with Gasteiger partial charge in [0.25, 0.3) is 0 Å². The van der Waals surface area contributed by atoms with Gasteiger partial charge in [-0.2, -0.15) is 0 Å². The van der Waals surface area contributed by atoms with Crippen molar-refractivity contribution in [1.82, 2.24) is 9.62 Å². The Morgan fingerprint density at radius 3 is 2.60 bits per heavy atom. The first-order valence-corrected chi connectivity index (χ1v) is 7.99.